The molecular weight excluding hydrogens is 232 g/mol. The first-order chi connectivity index (χ1) is 8.24. The van der Waals surface area contributed by atoms with E-state index in [0.29, 0.717) is 34.9 Å². The predicted molar refractivity (Wildman–Crippen MR) is 84.3 cm³/mol. The molecule has 1 heteroatoms. The van der Waals surface area contributed by atoms with Crippen LogP contribution in [0.1, 0.15) is 75.7 Å². The van der Waals surface area contributed by atoms with Gasteiger partial charge in [0.2, 0.25) is 0 Å². The Morgan fingerprint density at radius 2 is 1.32 bits per heavy atom. The Morgan fingerprint density at radius 3 is 1.63 bits per heavy atom. The summed E-state index contributed by atoms with van der Waals surface area (Å²) in [6.45, 7) is 23.4. The summed E-state index contributed by atoms with van der Waals surface area (Å²) >= 11 is 0. The maximum atomic E-state index is 6.55. The molecule has 0 saturated carbocycles. The lowest BCUT2D eigenvalue weighted by molar-refractivity contribution is -0.0719. The summed E-state index contributed by atoms with van der Waals surface area (Å²) in [5.41, 5.74) is 0.876. The Balaban J connectivity index is 3.00. The lowest BCUT2D eigenvalue weighted by Crippen LogP contribution is -2.38. The van der Waals surface area contributed by atoms with Crippen LogP contribution in [0.5, 0.6) is 0 Å². The average molecular weight is 268 g/mol. The van der Waals surface area contributed by atoms with E-state index < -0.39 is 0 Å². The first kappa shape index (κ1) is 17.0. The number of ether oxygens (including phenoxy) is 1. The van der Waals surface area contributed by atoms with Crippen LogP contribution >= 0.6 is 0 Å². The summed E-state index contributed by atoms with van der Waals surface area (Å²) in [5.74, 6) is 1.25. The highest BCUT2D eigenvalue weighted by molar-refractivity contribution is 4.97. The molecule has 0 aromatic heterocycles. The molecule has 1 heterocycles. The van der Waals surface area contributed by atoms with Crippen molar-refractivity contribution in [2.75, 3.05) is 0 Å². The molecule has 1 rings (SSSR count). The lowest BCUT2D eigenvalue weighted by Gasteiger charge is -2.39. The zero-order chi connectivity index (χ0) is 15.2. The zero-order valence-corrected chi connectivity index (χ0v) is 14.9. The molecule has 1 aliphatic rings. The van der Waals surface area contributed by atoms with Crippen molar-refractivity contribution in [3.05, 3.63) is 0 Å². The van der Waals surface area contributed by atoms with Gasteiger partial charge in [0, 0.05) is 0 Å². The highest BCUT2D eigenvalue weighted by Crippen LogP contribution is 2.49. The number of hydrogen-bond acceptors (Lipinski definition) is 1. The van der Waals surface area contributed by atoms with Gasteiger partial charge in [0.25, 0.3) is 0 Å². The van der Waals surface area contributed by atoms with Gasteiger partial charge >= 0.3 is 0 Å². The second-order valence-electron chi connectivity index (χ2n) is 9.82. The van der Waals surface area contributed by atoms with Crippen LogP contribution in [0.2, 0.25) is 0 Å². The van der Waals surface area contributed by atoms with Crippen molar-refractivity contribution < 1.29 is 4.74 Å². The van der Waals surface area contributed by atoms with Crippen LogP contribution < -0.4 is 0 Å². The molecule has 1 aliphatic heterocycles. The molecule has 1 fully saturated rings. The Morgan fingerprint density at radius 1 is 0.842 bits per heavy atom. The molecule has 0 amide bonds. The van der Waals surface area contributed by atoms with Crippen molar-refractivity contribution in [3.8, 4) is 0 Å². The number of hydrogen-bond donors (Lipinski definition) is 0. The minimum absolute atomic E-state index is 0.246. The second-order valence-corrected chi connectivity index (χ2v) is 9.82. The molecule has 1 nitrogen and oxygen atoms in total. The van der Waals surface area contributed by atoms with E-state index in [2.05, 4.69) is 69.2 Å². The van der Waals surface area contributed by atoms with E-state index in [1.807, 2.05) is 0 Å². The van der Waals surface area contributed by atoms with Crippen molar-refractivity contribution in [3.63, 3.8) is 0 Å². The molecule has 1 saturated heterocycles. The van der Waals surface area contributed by atoms with Crippen LogP contribution in [0.15, 0.2) is 0 Å². The van der Waals surface area contributed by atoms with Crippen LogP contribution in [0.25, 0.3) is 0 Å². The maximum Gasteiger partial charge on any atom is 0.0643 e. The van der Waals surface area contributed by atoms with Crippen LogP contribution in [0, 0.1) is 28.1 Å². The predicted octanol–water partition coefficient (Wildman–Crippen LogP) is 5.53. The minimum atomic E-state index is 0.246. The van der Waals surface area contributed by atoms with Gasteiger partial charge < -0.3 is 4.74 Å². The largest absolute Gasteiger partial charge is 0.374 e. The second kappa shape index (κ2) is 5.06. The summed E-state index contributed by atoms with van der Waals surface area (Å²) in [4.78, 5) is 0. The summed E-state index contributed by atoms with van der Waals surface area (Å²) < 4.78 is 6.55. The van der Waals surface area contributed by atoms with Crippen molar-refractivity contribution in [2.45, 2.75) is 87.9 Å². The van der Waals surface area contributed by atoms with Gasteiger partial charge in [-0.3, -0.25) is 0 Å². The van der Waals surface area contributed by atoms with Crippen molar-refractivity contribution in [2.24, 2.45) is 28.1 Å². The van der Waals surface area contributed by atoms with E-state index in [1.165, 1.54) is 6.42 Å². The van der Waals surface area contributed by atoms with Gasteiger partial charge in [-0.05, 0) is 34.5 Å². The molecule has 0 spiro atoms. The molecule has 0 bridgehead atoms. The highest BCUT2D eigenvalue weighted by Gasteiger charge is 2.49. The Hall–Kier alpha value is -0.0400. The molecule has 0 aromatic carbocycles. The molecule has 4 atom stereocenters. The van der Waals surface area contributed by atoms with Crippen molar-refractivity contribution in [1.82, 2.24) is 0 Å². The average Bonchev–Trinajstić information content (AvgIpc) is 2.57. The van der Waals surface area contributed by atoms with Gasteiger partial charge in [0.15, 0.2) is 0 Å². The minimum Gasteiger partial charge on any atom is -0.374 e. The van der Waals surface area contributed by atoms with Crippen LogP contribution in [0.4, 0.5) is 0 Å². The third kappa shape index (κ3) is 3.97. The fourth-order valence-corrected chi connectivity index (χ4v) is 3.07. The topological polar surface area (TPSA) is 9.23 Å². The van der Waals surface area contributed by atoms with Crippen LogP contribution in [-0.2, 0) is 4.74 Å². The van der Waals surface area contributed by atoms with Gasteiger partial charge in [-0.25, -0.2) is 0 Å². The summed E-state index contributed by atoms with van der Waals surface area (Å²) in [5, 5.41) is 0. The molecule has 0 N–H and O–H groups in total. The van der Waals surface area contributed by atoms with Gasteiger partial charge in [-0.2, -0.15) is 0 Å². The lowest BCUT2D eigenvalue weighted by atomic mass is 9.67. The third-order valence-electron chi connectivity index (χ3n) is 5.12. The summed E-state index contributed by atoms with van der Waals surface area (Å²) in [6.07, 6.45) is 1.99. The molecule has 0 aromatic rings. The number of rotatable bonds is 1. The Labute approximate surface area is 121 Å². The molecular formula is C18H36O. The molecule has 0 unspecified atom stereocenters. The first-order valence-corrected chi connectivity index (χ1v) is 7.90. The highest BCUT2D eigenvalue weighted by atomic mass is 16.5. The molecule has 19 heavy (non-hydrogen) atoms. The fourth-order valence-electron chi connectivity index (χ4n) is 3.07. The first-order valence-electron chi connectivity index (χ1n) is 7.90. The van der Waals surface area contributed by atoms with E-state index in [0.717, 1.165) is 0 Å². The van der Waals surface area contributed by atoms with Gasteiger partial charge in [0.1, 0.15) is 0 Å². The van der Waals surface area contributed by atoms with E-state index in [-0.39, 0.29) is 5.41 Å². The van der Waals surface area contributed by atoms with Crippen molar-refractivity contribution >= 4 is 0 Å². The zero-order valence-electron chi connectivity index (χ0n) is 14.9. The third-order valence-corrected chi connectivity index (χ3v) is 5.12. The SMILES string of the molecule is C[C@@H]([C@H]1O[C@@H](C(C)(C)C)C[C@H]1C(C)(C)C)C(C)(C)C. The summed E-state index contributed by atoms with van der Waals surface area (Å²) in [7, 11) is 0. The normalized spacial score (nSPS) is 31.6. The quantitative estimate of drug-likeness (QED) is 0.607. The standard InChI is InChI=1S/C18H36O/c1-12(16(2,3)4)15-13(17(5,6)7)11-14(19-15)18(8,9)10/h12-15H,11H2,1-10H3/t12-,13+,14+,15+/m0/s1. The molecule has 114 valence electrons. The fraction of sp³-hybridized carbons (Fsp3) is 1.00. The van der Waals surface area contributed by atoms with E-state index in [9.17, 15) is 0 Å². The monoisotopic (exact) mass is 268 g/mol. The van der Waals surface area contributed by atoms with E-state index in [1.54, 1.807) is 0 Å². The van der Waals surface area contributed by atoms with Crippen LogP contribution in [-0.4, -0.2) is 12.2 Å². The molecule has 0 radical (unpaired) electrons. The smallest absolute Gasteiger partial charge is 0.0643 e. The van der Waals surface area contributed by atoms with Crippen LogP contribution in [0.3, 0.4) is 0 Å². The van der Waals surface area contributed by atoms with Crippen molar-refractivity contribution in [1.29, 1.82) is 0 Å². The van der Waals surface area contributed by atoms with E-state index >= 15 is 0 Å². The Bertz CT molecular complexity index is 297. The summed E-state index contributed by atoms with van der Waals surface area (Å²) in [6, 6.07) is 0. The maximum absolute atomic E-state index is 6.55. The van der Waals surface area contributed by atoms with E-state index in [4.69, 9.17) is 4.74 Å². The Kier molecular flexibility index (Phi) is 4.53. The van der Waals surface area contributed by atoms with Gasteiger partial charge in [-0.1, -0.05) is 69.2 Å². The van der Waals surface area contributed by atoms with Gasteiger partial charge in [-0.15, -0.1) is 0 Å². The van der Waals surface area contributed by atoms with Gasteiger partial charge in [0.05, 0.1) is 12.2 Å². The molecule has 0 aliphatic carbocycles.